The minimum atomic E-state index is -1.02. The highest BCUT2D eigenvalue weighted by atomic mass is 16.5. The molecular formula is C17H18O6. The van der Waals surface area contributed by atoms with E-state index in [2.05, 4.69) is 0 Å². The summed E-state index contributed by atoms with van der Waals surface area (Å²) in [5.74, 6) is 1.27. The van der Waals surface area contributed by atoms with Crippen LogP contribution in [0.2, 0.25) is 0 Å². The van der Waals surface area contributed by atoms with Crippen LogP contribution in [-0.4, -0.2) is 36.1 Å². The zero-order chi connectivity index (χ0) is 16.6. The molecule has 2 aromatic rings. The zero-order valence-electron chi connectivity index (χ0n) is 12.9. The fourth-order valence-corrected chi connectivity index (χ4v) is 2.88. The SMILES string of the molecule is COc1cc([C@@]2(CO)Cc3cc(O)cc(OC)c3O2)ccc1O. The molecule has 0 unspecified atom stereocenters. The first-order chi connectivity index (χ1) is 11.0. The van der Waals surface area contributed by atoms with Crippen LogP contribution in [0, 0.1) is 0 Å². The quantitative estimate of drug-likeness (QED) is 0.798. The van der Waals surface area contributed by atoms with Gasteiger partial charge in [-0.3, -0.25) is 0 Å². The largest absolute Gasteiger partial charge is 0.508 e. The lowest BCUT2D eigenvalue weighted by atomic mass is 9.89. The number of aliphatic hydroxyl groups is 1. The molecule has 0 saturated heterocycles. The van der Waals surface area contributed by atoms with E-state index in [1.54, 1.807) is 18.2 Å². The smallest absolute Gasteiger partial charge is 0.166 e. The molecule has 0 amide bonds. The van der Waals surface area contributed by atoms with Crippen molar-refractivity contribution >= 4 is 0 Å². The number of aliphatic hydroxyl groups excluding tert-OH is 1. The Morgan fingerprint density at radius 2 is 1.83 bits per heavy atom. The topological polar surface area (TPSA) is 88.4 Å². The van der Waals surface area contributed by atoms with E-state index < -0.39 is 5.60 Å². The molecule has 0 spiro atoms. The molecule has 23 heavy (non-hydrogen) atoms. The van der Waals surface area contributed by atoms with Gasteiger partial charge in [0, 0.05) is 23.6 Å². The van der Waals surface area contributed by atoms with Crippen LogP contribution in [0.3, 0.4) is 0 Å². The highest BCUT2D eigenvalue weighted by molar-refractivity contribution is 5.56. The van der Waals surface area contributed by atoms with Gasteiger partial charge in [0.05, 0.1) is 20.8 Å². The molecule has 1 aliphatic rings. The number of benzene rings is 2. The van der Waals surface area contributed by atoms with Crippen LogP contribution >= 0.6 is 0 Å². The van der Waals surface area contributed by atoms with Gasteiger partial charge in [0.1, 0.15) is 5.75 Å². The maximum Gasteiger partial charge on any atom is 0.166 e. The summed E-state index contributed by atoms with van der Waals surface area (Å²) >= 11 is 0. The summed E-state index contributed by atoms with van der Waals surface area (Å²) in [6.45, 7) is -0.278. The predicted molar refractivity (Wildman–Crippen MR) is 82.4 cm³/mol. The molecule has 1 aliphatic heterocycles. The Balaban J connectivity index is 2.08. The molecule has 0 aromatic heterocycles. The summed E-state index contributed by atoms with van der Waals surface area (Å²) in [5, 5.41) is 29.5. The first-order valence-electron chi connectivity index (χ1n) is 7.10. The van der Waals surface area contributed by atoms with E-state index in [0.29, 0.717) is 29.2 Å². The second-order valence-electron chi connectivity index (χ2n) is 5.45. The monoisotopic (exact) mass is 318 g/mol. The molecule has 1 heterocycles. The van der Waals surface area contributed by atoms with E-state index in [1.165, 1.54) is 26.4 Å². The molecule has 6 heteroatoms. The summed E-state index contributed by atoms with van der Waals surface area (Å²) in [6, 6.07) is 7.85. The molecule has 6 nitrogen and oxygen atoms in total. The Morgan fingerprint density at radius 3 is 2.48 bits per heavy atom. The third-order valence-corrected chi connectivity index (χ3v) is 4.07. The van der Waals surface area contributed by atoms with Crippen LogP contribution in [0.4, 0.5) is 0 Å². The fourth-order valence-electron chi connectivity index (χ4n) is 2.88. The summed E-state index contributed by atoms with van der Waals surface area (Å²) in [4.78, 5) is 0. The van der Waals surface area contributed by atoms with Gasteiger partial charge in [0.2, 0.25) is 0 Å². The third kappa shape index (κ3) is 2.41. The van der Waals surface area contributed by atoms with Crippen molar-refractivity contribution in [2.75, 3.05) is 20.8 Å². The van der Waals surface area contributed by atoms with Gasteiger partial charge in [-0.15, -0.1) is 0 Å². The van der Waals surface area contributed by atoms with Crippen molar-refractivity contribution in [1.29, 1.82) is 0 Å². The Hall–Kier alpha value is -2.60. The zero-order valence-corrected chi connectivity index (χ0v) is 12.9. The van der Waals surface area contributed by atoms with Crippen LogP contribution in [0.5, 0.6) is 28.7 Å². The fraction of sp³-hybridized carbons (Fsp3) is 0.294. The van der Waals surface area contributed by atoms with Crippen molar-refractivity contribution in [2.45, 2.75) is 12.0 Å². The maximum absolute atomic E-state index is 9.98. The number of methoxy groups -OCH3 is 2. The number of rotatable bonds is 4. The predicted octanol–water partition coefficient (Wildman–Crippen LogP) is 1.94. The molecule has 0 bridgehead atoms. The van der Waals surface area contributed by atoms with Crippen molar-refractivity contribution in [1.82, 2.24) is 0 Å². The van der Waals surface area contributed by atoms with Crippen molar-refractivity contribution < 1.29 is 29.5 Å². The van der Waals surface area contributed by atoms with E-state index in [0.717, 1.165) is 5.56 Å². The molecule has 2 aromatic carbocycles. The summed E-state index contributed by atoms with van der Waals surface area (Å²) < 4.78 is 16.4. The standard InChI is InChI=1S/C17H18O6/c1-21-14-6-11(3-4-13(14)20)17(9-18)8-10-5-12(19)7-15(22-2)16(10)23-17/h3-7,18-20H,8-9H2,1-2H3/t17-/m0/s1. The minimum Gasteiger partial charge on any atom is -0.508 e. The lowest BCUT2D eigenvalue weighted by molar-refractivity contribution is 0.0229. The van der Waals surface area contributed by atoms with Gasteiger partial charge in [0.25, 0.3) is 0 Å². The van der Waals surface area contributed by atoms with Crippen molar-refractivity contribution in [2.24, 2.45) is 0 Å². The maximum atomic E-state index is 9.98. The normalized spacial score (nSPS) is 19.1. The molecule has 0 saturated carbocycles. The highest BCUT2D eigenvalue weighted by Gasteiger charge is 2.43. The molecule has 3 rings (SSSR count). The second kappa shape index (κ2) is 5.55. The van der Waals surface area contributed by atoms with Crippen LogP contribution in [0.1, 0.15) is 11.1 Å². The van der Waals surface area contributed by atoms with Crippen LogP contribution in [0.25, 0.3) is 0 Å². The van der Waals surface area contributed by atoms with Crippen molar-refractivity contribution in [3.05, 3.63) is 41.5 Å². The average Bonchev–Trinajstić information content (AvgIpc) is 2.94. The van der Waals surface area contributed by atoms with Gasteiger partial charge in [-0.05, 0) is 18.2 Å². The molecule has 0 aliphatic carbocycles. The number of phenols is 2. The van der Waals surface area contributed by atoms with Gasteiger partial charge in [-0.2, -0.15) is 0 Å². The molecule has 0 radical (unpaired) electrons. The molecular weight excluding hydrogens is 300 g/mol. The van der Waals surface area contributed by atoms with Crippen LogP contribution in [-0.2, 0) is 12.0 Å². The van der Waals surface area contributed by atoms with E-state index in [1.807, 2.05) is 0 Å². The first kappa shape index (κ1) is 15.3. The third-order valence-electron chi connectivity index (χ3n) is 4.07. The summed E-state index contributed by atoms with van der Waals surface area (Å²) in [7, 11) is 2.94. The van der Waals surface area contributed by atoms with E-state index in [-0.39, 0.29) is 18.1 Å². The average molecular weight is 318 g/mol. The Bertz CT molecular complexity index is 742. The Morgan fingerprint density at radius 1 is 1.09 bits per heavy atom. The van der Waals surface area contributed by atoms with Gasteiger partial charge in [-0.1, -0.05) is 6.07 Å². The first-order valence-corrected chi connectivity index (χ1v) is 7.10. The number of hydrogen-bond donors (Lipinski definition) is 3. The lowest BCUT2D eigenvalue weighted by Crippen LogP contribution is -2.35. The van der Waals surface area contributed by atoms with E-state index in [9.17, 15) is 15.3 Å². The number of hydrogen-bond acceptors (Lipinski definition) is 6. The van der Waals surface area contributed by atoms with E-state index in [4.69, 9.17) is 14.2 Å². The highest BCUT2D eigenvalue weighted by Crippen LogP contribution is 2.48. The number of aromatic hydroxyl groups is 2. The van der Waals surface area contributed by atoms with Crippen LogP contribution in [0.15, 0.2) is 30.3 Å². The lowest BCUT2D eigenvalue weighted by Gasteiger charge is -2.27. The van der Waals surface area contributed by atoms with Crippen LogP contribution < -0.4 is 14.2 Å². The molecule has 3 N–H and O–H groups in total. The van der Waals surface area contributed by atoms with Crippen molar-refractivity contribution in [3.63, 3.8) is 0 Å². The van der Waals surface area contributed by atoms with Gasteiger partial charge in [0.15, 0.2) is 28.6 Å². The summed E-state index contributed by atoms with van der Waals surface area (Å²) in [5.41, 5.74) is 0.375. The van der Waals surface area contributed by atoms with Gasteiger partial charge in [-0.25, -0.2) is 0 Å². The Kier molecular flexibility index (Phi) is 3.69. The molecule has 1 atom stereocenters. The van der Waals surface area contributed by atoms with E-state index >= 15 is 0 Å². The number of ether oxygens (including phenoxy) is 3. The molecule has 122 valence electrons. The number of fused-ring (bicyclic) bond motifs is 1. The molecule has 0 fully saturated rings. The van der Waals surface area contributed by atoms with Gasteiger partial charge >= 0.3 is 0 Å². The second-order valence-corrected chi connectivity index (χ2v) is 5.45. The Labute approximate surface area is 133 Å². The van der Waals surface area contributed by atoms with Crippen molar-refractivity contribution in [3.8, 4) is 28.7 Å². The number of phenolic OH excluding ortho intramolecular Hbond substituents is 2. The summed E-state index contributed by atoms with van der Waals surface area (Å²) in [6.07, 6.45) is 0.359. The minimum absolute atomic E-state index is 0.00933. The van der Waals surface area contributed by atoms with Gasteiger partial charge < -0.3 is 29.5 Å².